The van der Waals surface area contributed by atoms with E-state index in [0.717, 1.165) is 16.9 Å². The lowest BCUT2D eigenvalue weighted by Gasteiger charge is -2.47. The first-order chi connectivity index (χ1) is 16.0. The standard InChI is InChI=1S/C25H28N2O6/c1-32-20-8-6-17(7-9-20)15-33-11-10-18-14-26(16-28)23-12-19(18)13-24(29)25(23)21-4-2-3-5-22(21)27(30)31/h2-10,19,23,25,28H,11-16H2,1H3/b18-10+/t19-,23?,25?/m1/s1. The van der Waals surface area contributed by atoms with Crippen molar-refractivity contribution < 1.29 is 24.3 Å². The van der Waals surface area contributed by atoms with Crippen LogP contribution >= 0.6 is 0 Å². The Morgan fingerprint density at radius 1 is 1.21 bits per heavy atom. The number of carbonyl (C=O) groups is 1. The lowest BCUT2D eigenvalue weighted by molar-refractivity contribution is -0.385. The van der Waals surface area contributed by atoms with Crippen LogP contribution in [0.3, 0.4) is 0 Å². The first-order valence-corrected chi connectivity index (χ1v) is 11.0. The van der Waals surface area contributed by atoms with Gasteiger partial charge in [0.15, 0.2) is 0 Å². The Bertz CT molecular complexity index is 1040. The molecule has 1 saturated carbocycles. The van der Waals surface area contributed by atoms with Gasteiger partial charge in [0, 0.05) is 30.6 Å². The first kappa shape index (κ1) is 23.1. The monoisotopic (exact) mass is 452 g/mol. The average Bonchev–Trinajstić information content (AvgIpc) is 2.83. The van der Waals surface area contributed by atoms with Crippen LogP contribution in [0.25, 0.3) is 0 Å². The highest BCUT2D eigenvalue weighted by atomic mass is 16.6. The Morgan fingerprint density at radius 3 is 2.67 bits per heavy atom. The first-order valence-electron chi connectivity index (χ1n) is 11.0. The van der Waals surface area contributed by atoms with Crippen LogP contribution in [0.2, 0.25) is 0 Å². The van der Waals surface area contributed by atoms with Gasteiger partial charge in [-0.15, -0.1) is 0 Å². The molecule has 0 amide bonds. The maximum absolute atomic E-state index is 13.2. The fourth-order valence-corrected chi connectivity index (χ4v) is 4.97. The van der Waals surface area contributed by atoms with Crippen molar-refractivity contribution in [3.63, 3.8) is 0 Å². The van der Waals surface area contributed by atoms with Crippen molar-refractivity contribution >= 4 is 11.5 Å². The summed E-state index contributed by atoms with van der Waals surface area (Å²) in [5.74, 6) is 0.230. The molecule has 1 saturated heterocycles. The summed E-state index contributed by atoms with van der Waals surface area (Å²) in [4.78, 5) is 26.1. The van der Waals surface area contributed by atoms with Crippen LogP contribution in [0.1, 0.15) is 29.9 Å². The van der Waals surface area contributed by atoms with Crippen LogP contribution in [0, 0.1) is 16.0 Å². The number of Topliss-reactive ketones (excluding diaryl/α,β-unsaturated/α-hetero) is 1. The highest BCUT2D eigenvalue weighted by molar-refractivity contribution is 5.89. The summed E-state index contributed by atoms with van der Waals surface area (Å²) in [6, 6.07) is 13.8. The number of benzene rings is 2. The second-order valence-corrected chi connectivity index (χ2v) is 8.49. The normalized spacial score (nSPS) is 24.1. The number of fused-ring (bicyclic) bond motifs is 2. The molecule has 0 aromatic heterocycles. The summed E-state index contributed by atoms with van der Waals surface area (Å²) in [6.07, 6.45) is 3.02. The highest BCUT2D eigenvalue weighted by Crippen LogP contribution is 2.45. The van der Waals surface area contributed by atoms with E-state index in [4.69, 9.17) is 9.47 Å². The van der Waals surface area contributed by atoms with Crippen molar-refractivity contribution in [2.45, 2.75) is 31.4 Å². The predicted molar refractivity (Wildman–Crippen MR) is 122 cm³/mol. The number of methoxy groups -OCH3 is 1. The number of piperidine rings is 1. The summed E-state index contributed by atoms with van der Waals surface area (Å²) in [5, 5.41) is 21.6. The second kappa shape index (κ2) is 10.2. The number of ketones is 1. The predicted octanol–water partition coefficient (Wildman–Crippen LogP) is 3.44. The van der Waals surface area contributed by atoms with Gasteiger partial charge in [-0.2, -0.15) is 0 Å². The quantitative estimate of drug-likeness (QED) is 0.283. The third kappa shape index (κ3) is 4.98. The second-order valence-electron chi connectivity index (χ2n) is 8.49. The van der Waals surface area contributed by atoms with Crippen molar-refractivity contribution in [1.82, 2.24) is 4.90 Å². The third-order valence-electron chi connectivity index (χ3n) is 6.63. The number of likely N-dealkylation sites (tertiary alicyclic amines) is 1. The van der Waals surface area contributed by atoms with Crippen molar-refractivity contribution in [1.29, 1.82) is 0 Å². The molecular weight excluding hydrogens is 424 g/mol. The summed E-state index contributed by atoms with van der Waals surface area (Å²) < 4.78 is 11.0. The SMILES string of the molecule is COc1ccc(COC/C=C2\CN(CO)C3C[C@@H]2CC(=O)C3c2ccccc2[N+](=O)[O-])cc1. The molecule has 1 aliphatic carbocycles. The molecule has 33 heavy (non-hydrogen) atoms. The van der Waals surface area contributed by atoms with Gasteiger partial charge in [-0.05, 0) is 30.0 Å². The lowest BCUT2D eigenvalue weighted by Crippen LogP contribution is -2.53. The molecule has 2 fully saturated rings. The van der Waals surface area contributed by atoms with Crippen molar-refractivity contribution in [3.05, 3.63) is 81.4 Å². The zero-order valence-electron chi connectivity index (χ0n) is 18.6. The highest BCUT2D eigenvalue weighted by Gasteiger charge is 2.46. The lowest BCUT2D eigenvalue weighted by atomic mass is 9.68. The Morgan fingerprint density at radius 2 is 1.97 bits per heavy atom. The van der Waals surface area contributed by atoms with Gasteiger partial charge in [0.2, 0.25) is 0 Å². The van der Waals surface area contributed by atoms with E-state index in [1.165, 1.54) is 6.07 Å². The van der Waals surface area contributed by atoms with Gasteiger partial charge in [-0.3, -0.25) is 19.8 Å². The molecule has 174 valence electrons. The number of hydrogen-bond acceptors (Lipinski definition) is 7. The number of nitrogens with zero attached hydrogens (tertiary/aromatic N) is 2. The zero-order chi connectivity index (χ0) is 23.4. The molecule has 0 spiro atoms. The number of carbonyl (C=O) groups excluding carboxylic acids is 1. The molecule has 8 heteroatoms. The fourth-order valence-electron chi connectivity index (χ4n) is 4.97. The smallest absolute Gasteiger partial charge is 0.273 e. The van der Waals surface area contributed by atoms with E-state index in [1.807, 2.05) is 35.2 Å². The number of nitro groups is 1. The number of para-hydroxylation sites is 1. The molecule has 2 bridgehead atoms. The fraction of sp³-hybridized carbons (Fsp3) is 0.400. The maximum atomic E-state index is 13.2. The van der Waals surface area contributed by atoms with E-state index >= 15 is 0 Å². The third-order valence-corrected chi connectivity index (χ3v) is 6.63. The topological polar surface area (TPSA) is 102 Å². The zero-order valence-corrected chi connectivity index (χ0v) is 18.6. The molecular formula is C25H28N2O6. The molecule has 0 radical (unpaired) electrons. The summed E-state index contributed by atoms with van der Waals surface area (Å²) in [6.45, 7) is 1.17. The molecule has 2 aromatic carbocycles. The molecule has 2 aromatic rings. The van der Waals surface area contributed by atoms with Gasteiger partial charge in [0.25, 0.3) is 5.69 Å². The molecule has 1 heterocycles. The minimum atomic E-state index is -0.608. The maximum Gasteiger partial charge on any atom is 0.273 e. The van der Waals surface area contributed by atoms with E-state index < -0.39 is 10.8 Å². The molecule has 2 unspecified atom stereocenters. The number of aliphatic hydroxyl groups excluding tert-OH is 1. The summed E-state index contributed by atoms with van der Waals surface area (Å²) in [7, 11) is 1.63. The van der Waals surface area contributed by atoms with Crippen LogP contribution < -0.4 is 4.74 Å². The molecule has 3 atom stereocenters. The minimum absolute atomic E-state index is 0.0197. The van der Waals surface area contributed by atoms with Crippen LogP contribution in [0.4, 0.5) is 5.69 Å². The summed E-state index contributed by atoms with van der Waals surface area (Å²) >= 11 is 0. The molecule has 4 rings (SSSR count). The Labute approximate surface area is 192 Å². The average molecular weight is 453 g/mol. The van der Waals surface area contributed by atoms with Crippen LogP contribution in [-0.4, -0.2) is 53.7 Å². The van der Waals surface area contributed by atoms with Crippen molar-refractivity contribution in [2.75, 3.05) is 27.0 Å². The molecule has 1 N–H and O–H groups in total. The van der Waals surface area contributed by atoms with Gasteiger partial charge in [0.1, 0.15) is 11.5 Å². The largest absolute Gasteiger partial charge is 0.497 e. The van der Waals surface area contributed by atoms with Gasteiger partial charge in [0.05, 0.1) is 37.9 Å². The van der Waals surface area contributed by atoms with E-state index in [1.54, 1.807) is 25.3 Å². The van der Waals surface area contributed by atoms with Crippen LogP contribution in [-0.2, 0) is 16.1 Å². The van der Waals surface area contributed by atoms with Gasteiger partial charge < -0.3 is 14.6 Å². The molecule has 8 nitrogen and oxygen atoms in total. The number of nitro benzene ring substituents is 1. The van der Waals surface area contributed by atoms with Gasteiger partial charge >= 0.3 is 0 Å². The Balaban J connectivity index is 1.45. The van der Waals surface area contributed by atoms with Gasteiger partial charge in [-0.1, -0.05) is 42.0 Å². The molecule has 2 aliphatic rings. The number of aliphatic hydroxyl groups is 1. The van der Waals surface area contributed by atoms with Crippen LogP contribution in [0.5, 0.6) is 5.75 Å². The Hall–Kier alpha value is -3.07. The molecule has 1 aliphatic heterocycles. The van der Waals surface area contributed by atoms with E-state index in [9.17, 15) is 20.0 Å². The number of hydrogen-bond donors (Lipinski definition) is 1. The van der Waals surface area contributed by atoms with E-state index in [-0.39, 0.29) is 30.2 Å². The summed E-state index contributed by atoms with van der Waals surface area (Å²) in [5.41, 5.74) is 2.50. The van der Waals surface area contributed by atoms with Gasteiger partial charge in [-0.25, -0.2) is 0 Å². The van der Waals surface area contributed by atoms with Crippen molar-refractivity contribution in [3.8, 4) is 5.75 Å². The van der Waals surface area contributed by atoms with E-state index in [0.29, 0.717) is 38.2 Å². The van der Waals surface area contributed by atoms with Crippen LogP contribution in [0.15, 0.2) is 60.2 Å². The minimum Gasteiger partial charge on any atom is -0.497 e. The Kier molecular flexibility index (Phi) is 7.17. The van der Waals surface area contributed by atoms with E-state index in [2.05, 4.69) is 0 Å². The van der Waals surface area contributed by atoms with Crippen molar-refractivity contribution in [2.24, 2.45) is 5.92 Å². The number of ether oxygens (including phenoxy) is 2. The number of rotatable bonds is 8.